The van der Waals surface area contributed by atoms with E-state index in [0.29, 0.717) is 27.9 Å². The molecule has 0 spiro atoms. The second-order valence-corrected chi connectivity index (χ2v) is 10.6. The number of carboxylic acid groups (broad SMARTS) is 1. The molecule has 0 aliphatic heterocycles. The third-order valence-electron chi connectivity index (χ3n) is 7.31. The highest BCUT2D eigenvalue weighted by molar-refractivity contribution is 5.88. The molecule has 5 rings (SSSR count). The SMILES string of the molecule is COc1cc(C)c(-c2nc3ccccc3c(=O)n2N=Cc2cccc([N+](=O)[O-])c2OCc2ccc(C(=O)O)cc2)cc1C(C)C. The Balaban J connectivity index is 1.64. The van der Waals surface area contributed by atoms with E-state index in [1.54, 1.807) is 49.6 Å². The first-order chi connectivity index (χ1) is 21.6. The Labute approximate surface area is 258 Å². The van der Waals surface area contributed by atoms with Gasteiger partial charge in [-0.05, 0) is 72.0 Å². The van der Waals surface area contributed by atoms with Crippen molar-refractivity contribution < 1.29 is 24.3 Å². The van der Waals surface area contributed by atoms with Crippen LogP contribution in [0.1, 0.15) is 52.4 Å². The van der Waals surface area contributed by atoms with Gasteiger partial charge in [0.25, 0.3) is 5.56 Å². The molecule has 0 radical (unpaired) electrons. The van der Waals surface area contributed by atoms with Crippen LogP contribution in [0.2, 0.25) is 0 Å². The average molecular weight is 607 g/mol. The van der Waals surface area contributed by atoms with Crippen LogP contribution in [-0.2, 0) is 6.61 Å². The van der Waals surface area contributed by atoms with Crippen LogP contribution in [0.5, 0.6) is 11.5 Å². The van der Waals surface area contributed by atoms with E-state index in [-0.39, 0.29) is 35.1 Å². The molecule has 5 aromatic rings. The number of nitrogens with zero attached hydrogens (tertiary/aromatic N) is 4. The lowest BCUT2D eigenvalue weighted by Gasteiger charge is -2.17. The normalized spacial score (nSPS) is 11.3. The second-order valence-electron chi connectivity index (χ2n) is 10.6. The number of nitro groups is 1. The number of methoxy groups -OCH3 is 1. The number of ether oxygens (including phenoxy) is 2. The number of aromatic carboxylic acids is 1. The zero-order valence-electron chi connectivity index (χ0n) is 25.1. The molecule has 1 heterocycles. The van der Waals surface area contributed by atoms with Gasteiger partial charge < -0.3 is 14.6 Å². The van der Waals surface area contributed by atoms with E-state index in [1.807, 2.05) is 32.9 Å². The van der Waals surface area contributed by atoms with Gasteiger partial charge in [0.05, 0.1) is 34.7 Å². The van der Waals surface area contributed by atoms with Gasteiger partial charge >= 0.3 is 11.7 Å². The number of aromatic nitrogens is 2. The number of nitro benzene ring substituents is 1. The predicted octanol–water partition coefficient (Wildman–Crippen LogP) is 6.57. The fourth-order valence-electron chi connectivity index (χ4n) is 4.94. The number of fused-ring (bicyclic) bond motifs is 1. The van der Waals surface area contributed by atoms with Crippen molar-refractivity contribution in [2.24, 2.45) is 5.10 Å². The lowest BCUT2D eigenvalue weighted by molar-refractivity contribution is -0.385. The van der Waals surface area contributed by atoms with Crippen molar-refractivity contribution in [2.45, 2.75) is 33.3 Å². The minimum Gasteiger partial charge on any atom is -0.496 e. The summed E-state index contributed by atoms with van der Waals surface area (Å²) in [5.41, 5.74) is 3.18. The fourth-order valence-corrected chi connectivity index (χ4v) is 4.94. The van der Waals surface area contributed by atoms with Crippen LogP contribution in [-0.4, -0.2) is 39.0 Å². The van der Waals surface area contributed by atoms with Gasteiger partial charge in [-0.1, -0.05) is 44.2 Å². The van der Waals surface area contributed by atoms with Crippen LogP contribution in [0.15, 0.2) is 88.8 Å². The predicted molar refractivity (Wildman–Crippen MR) is 171 cm³/mol. The van der Waals surface area contributed by atoms with E-state index in [1.165, 1.54) is 35.2 Å². The van der Waals surface area contributed by atoms with E-state index in [2.05, 4.69) is 5.10 Å². The number of carbonyl (C=O) groups is 1. The van der Waals surface area contributed by atoms with Crippen molar-refractivity contribution in [3.05, 3.63) is 127 Å². The third-order valence-corrected chi connectivity index (χ3v) is 7.31. The molecule has 0 unspecified atom stereocenters. The summed E-state index contributed by atoms with van der Waals surface area (Å²) in [6.45, 7) is 5.91. The molecular weight excluding hydrogens is 576 g/mol. The van der Waals surface area contributed by atoms with Crippen molar-refractivity contribution in [3.8, 4) is 22.9 Å². The Hall–Kier alpha value is -5.84. The van der Waals surface area contributed by atoms with Crippen LogP contribution >= 0.6 is 0 Å². The van der Waals surface area contributed by atoms with Gasteiger partial charge in [-0.2, -0.15) is 9.78 Å². The number of carboxylic acids is 1. The molecule has 0 saturated heterocycles. The van der Waals surface area contributed by atoms with Crippen molar-refractivity contribution >= 4 is 28.8 Å². The summed E-state index contributed by atoms with van der Waals surface area (Å²) < 4.78 is 12.7. The first-order valence-corrected chi connectivity index (χ1v) is 14.1. The highest BCUT2D eigenvalue weighted by Crippen LogP contribution is 2.34. The average Bonchev–Trinajstić information content (AvgIpc) is 3.03. The number of rotatable bonds is 10. The molecule has 0 saturated carbocycles. The highest BCUT2D eigenvalue weighted by Gasteiger charge is 2.21. The molecule has 0 amide bonds. The molecule has 0 aliphatic carbocycles. The first kappa shape index (κ1) is 30.6. The van der Waals surface area contributed by atoms with Crippen LogP contribution in [0, 0.1) is 17.0 Å². The minimum absolute atomic E-state index is 0.0559. The smallest absolute Gasteiger partial charge is 0.335 e. The minimum atomic E-state index is -1.07. The molecule has 0 fully saturated rings. The number of para-hydroxylation sites is 2. The van der Waals surface area contributed by atoms with Gasteiger partial charge in [0.2, 0.25) is 5.75 Å². The summed E-state index contributed by atoms with van der Waals surface area (Å²) in [6, 6.07) is 21.2. The van der Waals surface area contributed by atoms with E-state index in [0.717, 1.165) is 16.9 Å². The zero-order chi connectivity index (χ0) is 32.2. The van der Waals surface area contributed by atoms with Gasteiger partial charge in [0.1, 0.15) is 12.4 Å². The van der Waals surface area contributed by atoms with Crippen molar-refractivity contribution in [1.29, 1.82) is 0 Å². The zero-order valence-corrected chi connectivity index (χ0v) is 25.1. The largest absolute Gasteiger partial charge is 0.496 e. The maximum absolute atomic E-state index is 13.8. The molecule has 0 atom stereocenters. The van der Waals surface area contributed by atoms with Crippen molar-refractivity contribution in [3.63, 3.8) is 0 Å². The van der Waals surface area contributed by atoms with Gasteiger partial charge in [-0.3, -0.25) is 14.9 Å². The second kappa shape index (κ2) is 12.8. The van der Waals surface area contributed by atoms with Gasteiger partial charge in [0.15, 0.2) is 5.82 Å². The Kier molecular flexibility index (Phi) is 8.71. The number of hydrogen-bond acceptors (Lipinski definition) is 8. The molecule has 4 aromatic carbocycles. The van der Waals surface area contributed by atoms with Crippen LogP contribution in [0.3, 0.4) is 0 Å². The van der Waals surface area contributed by atoms with E-state index in [9.17, 15) is 19.7 Å². The summed E-state index contributed by atoms with van der Waals surface area (Å²) in [4.78, 5) is 41.2. The molecule has 0 aliphatic rings. The standard InChI is InChI=1S/C34H30N4O7/c1-20(2)26-17-27(21(3)16-30(26)44-4)32-36-28-10-6-5-9-25(28)33(39)37(32)35-18-24-8-7-11-29(38(42)43)31(24)45-19-22-12-14-23(15-13-22)34(40)41/h5-18,20H,19H2,1-4H3,(H,40,41). The van der Waals surface area contributed by atoms with Crippen molar-refractivity contribution in [1.82, 2.24) is 9.66 Å². The molecular formula is C34H30N4O7. The van der Waals surface area contributed by atoms with Gasteiger partial charge in [-0.25, -0.2) is 9.78 Å². The molecule has 1 aromatic heterocycles. The summed E-state index contributed by atoms with van der Waals surface area (Å²) in [5.74, 6) is 0.0135. The van der Waals surface area contributed by atoms with Crippen LogP contribution in [0.4, 0.5) is 5.69 Å². The molecule has 0 bridgehead atoms. The maximum Gasteiger partial charge on any atom is 0.335 e. The number of hydrogen-bond donors (Lipinski definition) is 1. The van der Waals surface area contributed by atoms with E-state index in [4.69, 9.17) is 19.6 Å². The van der Waals surface area contributed by atoms with E-state index < -0.39 is 16.5 Å². The van der Waals surface area contributed by atoms with Crippen molar-refractivity contribution in [2.75, 3.05) is 7.11 Å². The maximum atomic E-state index is 13.8. The monoisotopic (exact) mass is 606 g/mol. The Morgan fingerprint density at radius 3 is 2.49 bits per heavy atom. The molecule has 45 heavy (non-hydrogen) atoms. The Morgan fingerprint density at radius 2 is 1.82 bits per heavy atom. The van der Waals surface area contributed by atoms with Crippen LogP contribution in [0.25, 0.3) is 22.3 Å². The molecule has 11 nitrogen and oxygen atoms in total. The topological polar surface area (TPSA) is 146 Å². The quantitative estimate of drug-likeness (QED) is 0.107. The molecule has 228 valence electrons. The van der Waals surface area contributed by atoms with Gasteiger partial charge in [-0.15, -0.1) is 0 Å². The first-order valence-electron chi connectivity index (χ1n) is 14.1. The lowest BCUT2D eigenvalue weighted by atomic mass is 9.96. The fraction of sp³-hybridized carbons (Fsp3) is 0.176. The number of aryl methyl sites for hydroxylation is 1. The third kappa shape index (κ3) is 6.28. The Bertz CT molecular complexity index is 2010. The Morgan fingerprint density at radius 1 is 1.09 bits per heavy atom. The summed E-state index contributed by atoms with van der Waals surface area (Å²) in [6.07, 6.45) is 1.33. The van der Waals surface area contributed by atoms with E-state index >= 15 is 0 Å². The molecule has 11 heteroatoms. The van der Waals surface area contributed by atoms with Gasteiger partial charge in [0, 0.05) is 17.2 Å². The van der Waals surface area contributed by atoms with Crippen LogP contribution < -0.4 is 15.0 Å². The summed E-state index contributed by atoms with van der Waals surface area (Å²) in [5, 5.41) is 26.0. The number of benzene rings is 4. The highest BCUT2D eigenvalue weighted by atomic mass is 16.6. The molecule has 1 N–H and O–H groups in total. The summed E-state index contributed by atoms with van der Waals surface area (Å²) in [7, 11) is 1.61. The summed E-state index contributed by atoms with van der Waals surface area (Å²) >= 11 is 0. The lowest BCUT2D eigenvalue weighted by Crippen LogP contribution is -2.21.